The lowest BCUT2D eigenvalue weighted by atomic mass is 9.87. The Kier molecular flexibility index (Phi) is 11.3. The molecule has 300 valence electrons. The molecule has 0 fully saturated rings. The van der Waals surface area contributed by atoms with Crippen molar-refractivity contribution in [2.45, 2.75) is 34.6 Å². The molecule has 9 aromatic rings. The number of furan rings is 1. The summed E-state index contributed by atoms with van der Waals surface area (Å²) in [6, 6.07) is 61.3. The molecular formula is C59H48NOP. The number of hydrogen-bond donors (Lipinski definition) is 0. The summed E-state index contributed by atoms with van der Waals surface area (Å²) in [6.07, 6.45) is 6.00. The highest BCUT2D eigenvalue weighted by Gasteiger charge is 2.23. The van der Waals surface area contributed by atoms with Crippen molar-refractivity contribution >= 4 is 59.1 Å². The van der Waals surface area contributed by atoms with E-state index in [1.807, 2.05) is 38.1 Å². The maximum Gasteiger partial charge on any atom is 0.135 e. The fraction of sp³-hybridized carbons (Fsp3) is 0.0847. The number of aryl methyl sites for hydroxylation is 2. The van der Waals surface area contributed by atoms with E-state index in [1.165, 1.54) is 50.1 Å². The van der Waals surface area contributed by atoms with Crippen molar-refractivity contribution in [1.29, 1.82) is 0 Å². The summed E-state index contributed by atoms with van der Waals surface area (Å²) in [5.74, 6) is 0. The summed E-state index contributed by atoms with van der Waals surface area (Å²) in [7, 11) is 2.99. The van der Waals surface area contributed by atoms with Gasteiger partial charge in [-0.15, -0.1) is 9.24 Å². The highest BCUT2D eigenvalue weighted by Crippen LogP contribution is 2.47. The first kappa shape index (κ1) is 40.2. The van der Waals surface area contributed by atoms with E-state index in [0.717, 1.165) is 66.6 Å². The topological polar surface area (TPSA) is 16.4 Å². The van der Waals surface area contributed by atoms with Crippen molar-refractivity contribution in [2.75, 3.05) is 4.90 Å². The molecule has 10 rings (SSSR count). The smallest absolute Gasteiger partial charge is 0.135 e. The minimum absolute atomic E-state index is 0.900. The lowest BCUT2D eigenvalue weighted by Crippen LogP contribution is -2.12. The van der Waals surface area contributed by atoms with Gasteiger partial charge in [0, 0.05) is 27.7 Å². The minimum atomic E-state index is 0.900. The zero-order valence-electron chi connectivity index (χ0n) is 35.8. The number of hydrogen-bond acceptors (Lipinski definition) is 2. The summed E-state index contributed by atoms with van der Waals surface area (Å²) in [6.45, 7) is 10.7. The Balaban J connectivity index is 0.00000242. The van der Waals surface area contributed by atoms with Crippen LogP contribution < -0.4 is 10.2 Å². The van der Waals surface area contributed by atoms with Crippen LogP contribution in [0, 0.1) is 20.8 Å². The van der Waals surface area contributed by atoms with E-state index in [0.29, 0.717) is 0 Å². The van der Waals surface area contributed by atoms with Crippen molar-refractivity contribution in [3.8, 4) is 44.5 Å². The molecule has 0 aliphatic heterocycles. The highest BCUT2D eigenvalue weighted by atomic mass is 31.0. The number of fused-ring (bicyclic) bond motifs is 3. The second-order valence-electron chi connectivity index (χ2n) is 15.5. The number of para-hydroxylation sites is 1. The summed E-state index contributed by atoms with van der Waals surface area (Å²) >= 11 is 0. The van der Waals surface area contributed by atoms with Gasteiger partial charge in [-0.3, -0.25) is 0 Å². The van der Waals surface area contributed by atoms with E-state index in [1.54, 1.807) is 0 Å². The van der Waals surface area contributed by atoms with Gasteiger partial charge in [-0.25, -0.2) is 0 Å². The molecule has 1 unspecified atom stereocenters. The summed E-state index contributed by atoms with van der Waals surface area (Å²) in [5.41, 5.74) is 26.8. The standard InChI is InChI=1S/C57H42NOP.C2H6/c1-37-14-7-9-18-46(37)48-33-34-53(56(39(48)3)47-19-10-8-15-38(47)2)58(45-31-26-42(27-32-45)50-22-13-21-49(57(50)60)41-16-5-4-6-17-41)44-29-24-40(25-30-44)43-28-35-55-52(36-43)51-20-11-12-23-54(51)59-55;1-2/h5,7-36H,60H2,1-3H3;1-2H3. The zero-order valence-corrected chi connectivity index (χ0v) is 37.0. The van der Waals surface area contributed by atoms with Crippen LogP contribution in [0.1, 0.15) is 36.1 Å². The Morgan fingerprint density at radius 2 is 1.08 bits per heavy atom. The molecule has 1 atom stereocenters. The molecular weight excluding hydrogens is 770 g/mol. The van der Waals surface area contributed by atoms with Crippen molar-refractivity contribution in [3.63, 3.8) is 0 Å². The largest absolute Gasteiger partial charge is 0.456 e. The van der Waals surface area contributed by atoms with Crippen LogP contribution in [0.4, 0.5) is 17.1 Å². The minimum Gasteiger partial charge on any atom is -0.456 e. The first-order chi connectivity index (χ1) is 30.4. The molecule has 3 heteroatoms. The summed E-state index contributed by atoms with van der Waals surface area (Å²) < 4.78 is 6.16. The van der Waals surface area contributed by atoms with Gasteiger partial charge in [-0.1, -0.05) is 147 Å². The maximum absolute atomic E-state index is 6.16. The SMILES string of the molecule is CC.Cc1ccccc1-c1ccc(N(c2ccc(-c3ccc4oc5ccccc5c4c3)cc2)c2ccc(-c3cccc(C4=CC=C=C=C4)c3P)cc2)c(-c2ccccc2C)c1C. The van der Waals surface area contributed by atoms with Crippen molar-refractivity contribution in [1.82, 2.24) is 0 Å². The van der Waals surface area contributed by atoms with Gasteiger partial charge in [0.25, 0.3) is 0 Å². The molecule has 0 saturated heterocycles. The number of nitrogens with zero attached hydrogens (tertiary/aromatic N) is 1. The van der Waals surface area contributed by atoms with Gasteiger partial charge in [-0.05, 0) is 160 Å². The van der Waals surface area contributed by atoms with E-state index in [9.17, 15) is 0 Å². The molecule has 1 heterocycles. The molecule has 62 heavy (non-hydrogen) atoms. The van der Waals surface area contributed by atoms with Crippen LogP contribution >= 0.6 is 9.24 Å². The molecule has 0 amide bonds. The van der Waals surface area contributed by atoms with Gasteiger partial charge in [0.1, 0.15) is 11.2 Å². The molecule has 1 aliphatic rings. The van der Waals surface area contributed by atoms with Gasteiger partial charge < -0.3 is 9.32 Å². The van der Waals surface area contributed by atoms with E-state index >= 15 is 0 Å². The maximum atomic E-state index is 6.16. The predicted molar refractivity (Wildman–Crippen MR) is 269 cm³/mol. The van der Waals surface area contributed by atoms with Crippen molar-refractivity contribution < 1.29 is 4.42 Å². The van der Waals surface area contributed by atoms with Crippen LogP contribution in [-0.4, -0.2) is 0 Å². The number of allylic oxidation sites excluding steroid dienone is 4. The Morgan fingerprint density at radius 3 is 1.77 bits per heavy atom. The summed E-state index contributed by atoms with van der Waals surface area (Å²) in [4.78, 5) is 2.42. The zero-order chi connectivity index (χ0) is 42.7. The third-order valence-corrected chi connectivity index (χ3v) is 12.5. The van der Waals surface area contributed by atoms with Crippen LogP contribution in [0.3, 0.4) is 0 Å². The number of rotatable bonds is 8. The second kappa shape index (κ2) is 17.4. The van der Waals surface area contributed by atoms with Crippen molar-refractivity contribution in [2.24, 2.45) is 0 Å². The monoisotopic (exact) mass is 817 g/mol. The fourth-order valence-electron chi connectivity index (χ4n) is 8.75. The number of benzene rings is 8. The lowest BCUT2D eigenvalue weighted by molar-refractivity contribution is 0.669. The quantitative estimate of drug-likeness (QED) is 0.112. The van der Waals surface area contributed by atoms with Gasteiger partial charge >= 0.3 is 0 Å². The molecule has 0 saturated carbocycles. The molecule has 0 radical (unpaired) electrons. The fourth-order valence-corrected chi connectivity index (χ4v) is 9.28. The average molecular weight is 818 g/mol. The Hall–Kier alpha value is -7.17. The summed E-state index contributed by atoms with van der Waals surface area (Å²) in [5, 5.41) is 3.41. The van der Waals surface area contributed by atoms with Crippen LogP contribution in [-0.2, 0) is 0 Å². The first-order valence-corrected chi connectivity index (χ1v) is 22.0. The van der Waals surface area contributed by atoms with E-state index < -0.39 is 0 Å². The van der Waals surface area contributed by atoms with Crippen molar-refractivity contribution in [3.05, 3.63) is 222 Å². The lowest BCUT2D eigenvalue weighted by Gasteiger charge is -2.30. The van der Waals surface area contributed by atoms with Crippen LogP contribution in [0.15, 0.2) is 204 Å². The molecule has 0 N–H and O–H groups in total. The van der Waals surface area contributed by atoms with Gasteiger partial charge in [0.05, 0.1) is 5.69 Å². The molecule has 0 spiro atoms. The number of anilines is 3. The van der Waals surface area contributed by atoms with E-state index in [4.69, 9.17) is 4.42 Å². The van der Waals surface area contributed by atoms with Gasteiger partial charge in [0.15, 0.2) is 0 Å². The predicted octanol–water partition coefficient (Wildman–Crippen LogP) is 16.4. The Morgan fingerprint density at radius 1 is 0.484 bits per heavy atom. The van der Waals surface area contributed by atoms with Crippen LogP contribution in [0.5, 0.6) is 0 Å². The molecule has 0 bridgehead atoms. The third-order valence-electron chi connectivity index (χ3n) is 11.9. The van der Waals surface area contributed by atoms with E-state index in [-0.39, 0.29) is 0 Å². The van der Waals surface area contributed by atoms with Crippen LogP contribution in [0.25, 0.3) is 72.0 Å². The average Bonchev–Trinajstić information content (AvgIpc) is 3.70. The molecule has 1 aliphatic carbocycles. The normalized spacial score (nSPS) is 11.7. The highest BCUT2D eigenvalue weighted by molar-refractivity contribution is 7.28. The van der Waals surface area contributed by atoms with E-state index in [2.05, 4.69) is 210 Å². The Labute approximate surface area is 367 Å². The first-order valence-electron chi connectivity index (χ1n) is 21.4. The Bertz CT molecular complexity index is 3260. The molecule has 2 nitrogen and oxygen atoms in total. The van der Waals surface area contributed by atoms with Crippen LogP contribution in [0.2, 0.25) is 0 Å². The molecule has 8 aromatic carbocycles. The van der Waals surface area contributed by atoms with Gasteiger partial charge in [-0.2, -0.15) is 0 Å². The second-order valence-corrected chi connectivity index (χ2v) is 16.1. The third kappa shape index (κ3) is 7.47. The van der Waals surface area contributed by atoms with Gasteiger partial charge in [0.2, 0.25) is 0 Å². The molecule has 1 aromatic heterocycles.